The van der Waals surface area contributed by atoms with Gasteiger partial charge in [-0.2, -0.15) is 13.2 Å². The van der Waals surface area contributed by atoms with Gasteiger partial charge >= 0.3 is 6.18 Å². The zero-order chi connectivity index (χ0) is 18.4. The Balaban J connectivity index is 1.83. The average molecular weight is 357 g/mol. The van der Waals surface area contributed by atoms with Crippen molar-refractivity contribution in [3.05, 3.63) is 35.4 Å². The number of carbonyl (C=O) groups excluding carboxylic acids is 1. The summed E-state index contributed by atoms with van der Waals surface area (Å²) in [4.78, 5) is 15.2. The number of likely N-dealkylation sites (N-methyl/N-ethyl adjacent to an activating group) is 1. The number of rotatable bonds is 7. The third kappa shape index (κ3) is 6.66. The summed E-state index contributed by atoms with van der Waals surface area (Å²) in [5.41, 5.74) is 5.33. The van der Waals surface area contributed by atoms with Gasteiger partial charge in [-0.3, -0.25) is 9.69 Å². The van der Waals surface area contributed by atoms with E-state index in [9.17, 15) is 18.0 Å². The number of benzene rings is 1. The molecule has 2 rings (SSSR count). The molecule has 0 aliphatic carbocycles. The van der Waals surface area contributed by atoms with Gasteiger partial charge in [0.05, 0.1) is 12.1 Å². The van der Waals surface area contributed by atoms with Gasteiger partial charge in [-0.25, -0.2) is 0 Å². The topological polar surface area (TPSA) is 49.6 Å². The van der Waals surface area contributed by atoms with E-state index in [2.05, 4.69) is 4.90 Å². The Bertz CT molecular complexity index is 577. The molecule has 1 atom stereocenters. The fourth-order valence-corrected chi connectivity index (χ4v) is 3.47. The summed E-state index contributed by atoms with van der Waals surface area (Å²) in [6, 6.07) is 5.56. The van der Waals surface area contributed by atoms with Crippen LogP contribution in [0.4, 0.5) is 13.2 Å². The van der Waals surface area contributed by atoms with Crippen molar-refractivity contribution in [2.75, 3.05) is 39.8 Å². The third-order valence-corrected chi connectivity index (χ3v) is 4.57. The second-order valence-electron chi connectivity index (χ2n) is 6.92. The van der Waals surface area contributed by atoms with Crippen molar-refractivity contribution in [1.29, 1.82) is 0 Å². The number of nitrogens with zero attached hydrogens (tertiary/aromatic N) is 2. The summed E-state index contributed by atoms with van der Waals surface area (Å²) in [6.07, 6.45) is -1.52. The van der Waals surface area contributed by atoms with Crippen molar-refractivity contribution >= 4 is 5.91 Å². The Morgan fingerprint density at radius 3 is 2.84 bits per heavy atom. The molecule has 7 heteroatoms. The van der Waals surface area contributed by atoms with Crippen LogP contribution >= 0.6 is 0 Å². The van der Waals surface area contributed by atoms with Gasteiger partial charge in [0.25, 0.3) is 0 Å². The van der Waals surface area contributed by atoms with E-state index in [-0.39, 0.29) is 12.5 Å². The van der Waals surface area contributed by atoms with Crippen LogP contribution in [0.15, 0.2) is 24.3 Å². The highest BCUT2D eigenvalue weighted by Gasteiger charge is 2.30. The number of hydrogen-bond acceptors (Lipinski definition) is 3. The van der Waals surface area contributed by atoms with Gasteiger partial charge in [0.1, 0.15) is 0 Å². The van der Waals surface area contributed by atoms with Gasteiger partial charge in [0, 0.05) is 19.6 Å². The Kier molecular flexibility index (Phi) is 6.84. The average Bonchev–Trinajstić information content (AvgIpc) is 2.52. The van der Waals surface area contributed by atoms with Crippen molar-refractivity contribution in [3.63, 3.8) is 0 Å². The first-order valence-corrected chi connectivity index (χ1v) is 8.59. The van der Waals surface area contributed by atoms with Crippen molar-refractivity contribution in [2.24, 2.45) is 11.7 Å². The Morgan fingerprint density at radius 1 is 1.40 bits per heavy atom. The van der Waals surface area contributed by atoms with E-state index in [4.69, 9.17) is 5.73 Å². The molecule has 1 heterocycles. The fraction of sp³-hybridized carbons (Fsp3) is 0.611. The zero-order valence-electron chi connectivity index (χ0n) is 14.6. The summed E-state index contributed by atoms with van der Waals surface area (Å²) in [6.45, 7) is 3.68. The molecule has 1 aromatic rings. The first-order valence-electron chi connectivity index (χ1n) is 8.59. The van der Waals surface area contributed by atoms with Crippen LogP contribution < -0.4 is 5.73 Å². The van der Waals surface area contributed by atoms with Crippen molar-refractivity contribution in [1.82, 2.24) is 9.80 Å². The van der Waals surface area contributed by atoms with E-state index in [0.717, 1.165) is 45.1 Å². The van der Waals surface area contributed by atoms with Gasteiger partial charge in [0.2, 0.25) is 5.91 Å². The lowest BCUT2D eigenvalue weighted by atomic mass is 9.97. The molecule has 2 N–H and O–H groups in total. The predicted molar refractivity (Wildman–Crippen MR) is 91.0 cm³/mol. The number of amides is 1. The van der Waals surface area contributed by atoms with Crippen LogP contribution in [0, 0.1) is 5.92 Å². The standard InChI is InChI=1S/C18H26F3N3O/c1-23(13-17(22)25)11-15-5-3-8-24(12-15)9-7-14-4-2-6-16(10-14)18(19,20)21/h2,4,6,10,15H,3,5,7-9,11-13H2,1H3,(H2,22,25)/t15-/m1/s1. The molecule has 1 aromatic carbocycles. The first kappa shape index (κ1) is 19.7. The molecule has 1 amide bonds. The molecule has 0 radical (unpaired) electrons. The van der Waals surface area contributed by atoms with Gasteiger partial charge in [-0.15, -0.1) is 0 Å². The van der Waals surface area contributed by atoms with Crippen LogP contribution in [0.25, 0.3) is 0 Å². The highest BCUT2D eigenvalue weighted by atomic mass is 19.4. The summed E-state index contributed by atoms with van der Waals surface area (Å²) >= 11 is 0. The number of piperidine rings is 1. The van der Waals surface area contributed by atoms with E-state index in [1.165, 1.54) is 12.1 Å². The second kappa shape index (κ2) is 8.67. The molecule has 140 valence electrons. The summed E-state index contributed by atoms with van der Waals surface area (Å²) in [5.74, 6) is 0.124. The molecule has 0 unspecified atom stereocenters. The molecule has 25 heavy (non-hydrogen) atoms. The monoisotopic (exact) mass is 357 g/mol. The van der Waals surface area contributed by atoms with E-state index >= 15 is 0 Å². The largest absolute Gasteiger partial charge is 0.416 e. The van der Waals surface area contributed by atoms with Crippen LogP contribution in [-0.4, -0.2) is 55.5 Å². The van der Waals surface area contributed by atoms with Gasteiger partial charge in [0.15, 0.2) is 0 Å². The van der Waals surface area contributed by atoms with Crippen LogP contribution in [0.5, 0.6) is 0 Å². The van der Waals surface area contributed by atoms with Crippen LogP contribution in [0.2, 0.25) is 0 Å². The Labute approximate surface area is 146 Å². The minimum Gasteiger partial charge on any atom is -0.369 e. The predicted octanol–water partition coefficient (Wildman–Crippen LogP) is 2.38. The molecular formula is C18H26F3N3O. The molecular weight excluding hydrogens is 331 g/mol. The molecule has 0 aromatic heterocycles. The zero-order valence-corrected chi connectivity index (χ0v) is 14.6. The first-order chi connectivity index (χ1) is 11.7. The maximum absolute atomic E-state index is 12.8. The molecule has 0 saturated carbocycles. The summed E-state index contributed by atoms with van der Waals surface area (Å²) < 4.78 is 38.3. The van der Waals surface area contributed by atoms with Crippen molar-refractivity contribution in [3.8, 4) is 0 Å². The summed E-state index contributed by atoms with van der Waals surface area (Å²) in [7, 11) is 1.88. The van der Waals surface area contributed by atoms with E-state index < -0.39 is 11.7 Å². The van der Waals surface area contributed by atoms with Gasteiger partial charge in [-0.05, 0) is 50.4 Å². The van der Waals surface area contributed by atoms with Crippen molar-refractivity contribution in [2.45, 2.75) is 25.4 Å². The minimum absolute atomic E-state index is 0.251. The lowest BCUT2D eigenvalue weighted by molar-refractivity contribution is -0.137. The summed E-state index contributed by atoms with van der Waals surface area (Å²) in [5, 5.41) is 0. The van der Waals surface area contributed by atoms with E-state index in [0.29, 0.717) is 17.9 Å². The molecule has 1 aliphatic rings. The van der Waals surface area contributed by atoms with E-state index in [1.807, 2.05) is 11.9 Å². The van der Waals surface area contributed by atoms with Gasteiger partial charge in [-0.1, -0.05) is 18.2 Å². The quantitative estimate of drug-likeness (QED) is 0.815. The smallest absolute Gasteiger partial charge is 0.369 e. The normalized spacial score (nSPS) is 19.3. The van der Waals surface area contributed by atoms with Crippen LogP contribution in [0.1, 0.15) is 24.0 Å². The maximum atomic E-state index is 12.8. The van der Waals surface area contributed by atoms with Gasteiger partial charge < -0.3 is 10.6 Å². The second-order valence-corrected chi connectivity index (χ2v) is 6.92. The number of halogens is 3. The lowest BCUT2D eigenvalue weighted by Gasteiger charge is -2.34. The molecule has 0 spiro atoms. The van der Waals surface area contributed by atoms with E-state index in [1.54, 1.807) is 6.07 Å². The molecule has 4 nitrogen and oxygen atoms in total. The third-order valence-electron chi connectivity index (χ3n) is 4.57. The SMILES string of the molecule is CN(CC(N)=O)C[C@H]1CCCN(CCc2cccc(C(F)(F)F)c2)C1. The minimum atomic E-state index is -4.29. The maximum Gasteiger partial charge on any atom is 0.416 e. The molecule has 1 aliphatic heterocycles. The Hall–Kier alpha value is -1.60. The number of primary amides is 1. The molecule has 1 saturated heterocycles. The highest BCUT2D eigenvalue weighted by Crippen LogP contribution is 2.29. The number of hydrogen-bond donors (Lipinski definition) is 1. The van der Waals surface area contributed by atoms with Crippen LogP contribution in [0.3, 0.4) is 0 Å². The number of nitrogens with two attached hydrogens (primary N) is 1. The fourth-order valence-electron chi connectivity index (χ4n) is 3.47. The number of likely N-dealkylation sites (tertiary alicyclic amines) is 1. The highest BCUT2D eigenvalue weighted by molar-refractivity contribution is 5.75. The number of alkyl halides is 3. The van der Waals surface area contributed by atoms with Crippen molar-refractivity contribution < 1.29 is 18.0 Å². The lowest BCUT2D eigenvalue weighted by Crippen LogP contribution is -2.42. The van der Waals surface area contributed by atoms with Crippen LogP contribution in [-0.2, 0) is 17.4 Å². The molecule has 1 fully saturated rings. The number of carbonyl (C=O) groups is 1. The Morgan fingerprint density at radius 2 is 2.16 bits per heavy atom. The molecule has 0 bridgehead atoms.